The van der Waals surface area contributed by atoms with Gasteiger partial charge in [-0.3, -0.25) is 4.79 Å². The van der Waals surface area contributed by atoms with Crippen molar-refractivity contribution >= 4 is 16.8 Å². The third-order valence-electron chi connectivity index (χ3n) is 6.79. The number of benzene rings is 3. The highest BCUT2D eigenvalue weighted by Gasteiger charge is 2.35. The summed E-state index contributed by atoms with van der Waals surface area (Å²) in [4.78, 5) is 12.6. The minimum Gasteiger partial charge on any atom is -0.300 e. The fourth-order valence-electron chi connectivity index (χ4n) is 4.62. The van der Waals surface area contributed by atoms with Gasteiger partial charge < -0.3 is 0 Å². The van der Waals surface area contributed by atoms with Gasteiger partial charge >= 0.3 is 0 Å². The lowest BCUT2D eigenvalue weighted by Gasteiger charge is -2.38. The van der Waals surface area contributed by atoms with Crippen LogP contribution in [0.2, 0.25) is 0 Å². The van der Waals surface area contributed by atoms with E-state index in [1.807, 2.05) is 52.8 Å². The zero-order valence-corrected chi connectivity index (χ0v) is 20.3. The van der Waals surface area contributed by atoms with E-state index in [1.165, 1.54) is 17.5 Å². The second-order valence-electron chi connectivity index (χ2n) is 9.20. The molecule has 2 fully saturated rings. The van der Waals surface area contributed by atoms with Crippen LogP contribution in [-0.4, -0.2) is 20.8 Å². The molecule has 0 bridgehead atoms. The number of piperidine rings is 1. The van der Waals surface area contributed by atoms with E-state index in [2.05, 4.69) is 49.4 Å². The molecule has 3 aromatic carbocycles. The Morgan fingerprint density at radius 3 is 1.85 bits per heavy atom. The van der Waals surface area contributed by atoms with Crippen molar-refractivity contribution in [2.75, 3.05) is 6.54 Å². The van der Waals surface area contributed by atoms with Crippen LogP contribution < -0.4 is 0 Å². The van der Waals surface area contributed by atoms with Gasteiger partial charge in [-0.05, 0) is 61.3 Å². The summed E-state index contributed by atoms with van der Waals surface area (Å²) in [6.07, 6.45) is 3.11. The topological polar surface area (TPSA) is 37.4 Å². The lowest BCUT2D eigenvalue weighted by Crippen LogP contribution is -2.41. The van der Waals surface area contributed by atoms with Gasteiger partial charge in [0.2, 0.25) is 0 Å². The first-order chi connectivity index (χ1) is 16.0. The van der Waals surface area contributed by atoms with Crippen LogP contribution in [0.1, 0.15) is 56.2 Å². The highest BCUT2D eigenvalue weighted by molar-refractivity contribution is 7.82. The normalized spacial score (nSPS) is 25.4. The van der Waals surface area contributed by atoms with Crippen LogP contribution in [0.25, 0.3) is 0 Å². The maximum absolute atomic E-state index is 13.1. The molecule has 0 N–H and O–H groups in total. The number of carbonyl (C=O) groups excluding carboxylic acids is 1. The largest absolute Gasteiger partial charge is 0.300 e. The minimum atomic E-state index is -1.26. The molecule has 5 rings (SSSR count). The second kappa shape index (κ2) is 11.0. The van der Waals surface area contributed by atoms with Crippen molar-refractivity contribution in [2.45, 2.75) is 50.0 Å². The van der Waals surface area contributed by atoms with E-state index in [9.17, 15) is 9.00 Å². The molecule has 1 unspecified atom stereocenters. The molecule has 1 saturated carbocycles. The maximum Gasteiger partial charge on any atom is 0.134 e. The molecule has 0 spiro atoms. The number of nitrogens with zero attached hydrogens (tertiary/aromatic N) is 1. The van der Waals surface area contributed by atoms with E-state index < -0.39 is 11.0 Å². The smallest absolute Gasteiger partial charge is 0.134 e. The molecule has 5 atom stereocenters. The third-order valence-corrected chi connectivity index (χ3v) is 8.30. The average Bonchev–Trinajstić information content (AvgIpc) is 3.61. The Bertz CT molecular complexity index is 1050. The van der Waals surface area contributed by atoms with Crippen molar-refractivity contribution in [1.82, 2.24) is 4.31 Å². The SMILES string of the molecule is CC(=O)[C@@H]1CC[C@H](c2ccccc2)N(S(=O)c2ccccc2)C1.C[C@H]1C[C@@H]1c1ccccc1. The summed E-state index contributed by atoms with van der Waals surface area (Å²) < 4.78 is 15.1. The zero-order chi connectivity index (χ0) is 23.2. The Morgan fingerprint density at radius 2 is 1.33 bits per heavy atom. The first kappa shape index (κ1) is 23.6. The van der Waals surface area contributed by atoms with E-state index in [4.69, 9.17) is 0 Å². The van der Waals surface area contributed by atoms with Gasteiger partial charge in [-0.2, -0.15) is 0 Å². The molecular formula is C29H33NO2S. The van der Waals surface area contributed by atoms with E-state index in [1.54, 1.807) is 6.92 Å². The Labute approximate surface area is 200 Å². The third kappa shape index (κ3) is 6.07. The number of Topliss-reactive ketones (excluding diaryl/α,β-unsaturated/α-hetero) is 1. The monoisotopic (exact) mass is 459 g/mol. The molecule has 3 nitrogen and oxygen atoms in total. The molecule has 1 aliphatic heterocycles. The summed E-state index contributed by atoms with van der Waals surface area (Å²) in [6, 6.07) is 30.5. The first-order valence-electron chi connectivity index (χ1n) is 11.9. The van der Waals surface area contributed by atoms with Gasteiger partial charge in [0.15, 0.2) is 0 Å². The van der Waals surface area contributed by atoms with Gasteiger partial charge in [0, 0.05) is 18.5 Å². The van der Waals surface area contributed by atoms with Crippen LogP contribution in [-0.2, 0) is 15.8 Å². The van der Waals surface area contributed by atoms with Crippen LogP contribution in [0.4, 0.5) is 0 Å². The van der Waals surface area contributed by atoms with Crippen LogP contribution in [0.15, 0.2) is 95.9 Å². The first-order valence-corrected chi connectivity index (χ1v) is 13.0. The summed E-state index contributed by atoms with van der Waals surface area (Å²) in [6.45, 7) is 4.51. The summed E-state index contributed by atoms with van der Waals surface area (Å²) in [5.41, 5.74) is 2.69. The number of carbonyl (C=O) groups is 1. The molecule has 0 aromatic heterocycles. The molecule has 0 radical (unpaired) electrons. The van der Waals surface area contributed by atoms with E-state index >= 15 is 0 Å². The van der Waals surface area contributed by atoms with E-state index in [-0.39, 0.29) is 17.7 Å². The van der Waals surface area contributed by atoms with Crippen molar-refractivity contribution < 1.29 is 9.00 Å². The van der Waals surface area contributed by atoms with Gasteiger partial charge in [0.05, 0.1) is 4.90 Å². The number of hydrogen-bond donors (Lipinski definition) is 0. The molecule has 0 amide bonds. The Balaban J connectivity index is 0.000000214. The fourth-order valence-corrected chi connectivity index (χ4v) is 6.06. The quantitative estimate of drug-likeness (QED) is 0.433. The van der Waals surface area contributed by atoms with Crippen molar-refractivity contribution in [3.05, 3.63) is 102 Å². The average molecular weight is 460 g/mol. The van der Waals surface area contributed by atoms with Crippen LogP contribution in [0.3, 0.4) is 0 Å². The summed E-state index contributed by atoms with van der Waals surface area (Å²) >= 11 is 0. The van der Waals surface area contributed by atoms with Gasteiger partial charge in [-0.25, -0.2) is 8.51 Å². The molecule has 33 heavy (non-hydrogen) atoms. The highest BCUT2D eigenvalue weighted by Crippen LogP contribution is 2.46. The lowest BCUT2D eigenvalue weighted by atomic mass is 9.89. The number of rotatable bonds is 5. The van der Waals surface area contributed by atoms with Crippen LogP contribution in [0.5, 0.6) is 0 Å². The highest BCUT2D eigenvalue weighted by atomic mass is 32.2. The second-order valence-corrected chi connectivity index (χ2v) is 10.6. The Morgan fingerprint density at radius 1 is 0.818 bits per heavy atom. The number of hydrogen-bond acceptors (Lipinski definition) is 2. The van der Waals surface area contributed by atoms with Gasteiger partial charge in [0.25, 0.3) is 0 Å². The molecule has 2 aliphatic rings. The van der Waals surface area contributed by atoms with Crippen molar-refractivity contribution in [3.8, 4) is 0 Å². The van der Waals surface area contributed by atoms with E-state index in [0.717, 1.165) is 29.6 Å². The Kier molecular flexibility index (Phi) is 7.89. The molecule has 1 aliphatic carbocycles. The van der Waals surface area contributed by atoms with Crippen molar-refractivity contribution in [3.63, 3.8) is 0 Å². The summed E-state index contributed by atoms with van der Waals surface area (Å²) in [5, 5.41) is 0. The van der Waals surface area contributed by atoms with Gasteiger partial charge in [-0.15, -0.1) is 0 Å². The van der Waals surface area contributed by atoms with Crippen LogP contribution >= 0.6 is 0 Å². The molecular weight excluding hydrogens is 426 g/mol. The number of ketones is 1. The molecule has 172 valence electrons. The molecule has 1 heterocycles. The molecule has 3 aromatic rings. The van der Waals surface area contributed by atoms with Gasteiger partial charge in [0.1, 0.15) is 16.8 Å². The van der Waals surface area contributed by atoms with Crippen molar-refractivity contribution in [1.29, 1.82) is 0 Å². The zero-order valence-electron chi connectivity index (χ0n) is 19.5. The summed E-state index contributed by atoms with van der Waals surface area (Å²) in [5.74, 6) is 1.97. The molecule has 1 saturated heterocycles. The van der Waals surface area contributed by atoms with Gasteiger partial charge in [-0.1, -0.05) is 85.8 Å². The minimum absolute atomic E-state index is 0.0253. The Hall–Kier alpha value is -2.56. The van der Waals surface area contributed by atoms with Crippen LogP contribution in [0, 0.1) is 11.8 Å². The maximum atomic E-state index is 13.1. The molecule has 4 heteroatoms. The fraction of sp³-hybridized carbons (Fsp3) is 0.345. The van der Waals surface area contributed by atoms with Crippen molar-refractivity contribution in [2.24, 2.45) is 11.8 Å². The predicted octanol–water partition coefficient (Wildman–Crippen LogP) is 6.56. The van der Waals surface area contributed by atoms with E-state index in [0.29, 0.717) is 6.54 Å². The standard InChI is InChI=1S/C19H21NO2S.C10H12/c1-15(21)17-12-13-19(16-8-4-2-5-9-16)20(14-17)23(22)18-10-6-3-7-11-18;1-8-7-10(8)9-5-3-2-4-6-9/h2-11,17,19H,12-14H2,1H3;2-6,8,10H,7H2,1H3/t17-,19-,23?;8-,10-/m10/s1. The summed E-state index contributed by atoms with van der Waals surface area (Å²) in [7, 11) is -1.26. The lowest BCUT2D eigenvalue weighted by molar-refractivity contribution is -0.122. The predicted molar refractivity (Wildman–Crippen MR) is 135 cm³/mol.